The molecule has 0 N–H and O–H groups in total. The van der Waals surface area contributed by atoms with E-state index in [2.05, 4.69) is 12.1 Å². The Morgan fingerprint density at radius 3 is 2.84 bits per heavy atom. The first kappa shape index (κ1) is 10.8. The van der Waals surface area contributed by atoms with Crippen molar-refractivity contribution >= 4 is 5.78 Å². The number of fused-ring (bicyclic) bond motifs is 2. The molecular weight excluding hydrogens is 238 g/mol. The van der Waals surface area contributed by atoms with E-state index in [-0.39, 0.29) is 23.7 Å². The van der Waals surface area contributed by atoms with Crippen LogP contribution in [0.4, 0.5) is 0 Å². The highest BCUT2D eigenvalue weighted by Gasteiger charge is 2.61. The predicted octanol–water partition coefficient (Wildman–Crippen LogP) is 2.74. The summed E-state index contributed by atoms with van der Waals surface area (Å²) in [6.45, 7) is 0. The van der Waals surface area contributed by atoms with E-state index in [0.717, 1.165) is 12.8 Å². The lowest BCUT2D eigenvalue weighted by Crippen LogP contribution is -2.59. The number of nitriles is 1. The molecule has 4 atom stereocenters. The lowest BCUT2D eigenvalue weighted by atomic mass is 9.54. The third-order valence-corrected chi connectivity index (χ3v) is 4.77. The number of carbonyl (C=O) groups excluding carboxylic acids is 1. The molecule has 0 amide bonds. The molecule has 19 heavy (non-hydrogen) atoms. The van der Waals surface area contributed by atoms with Gasteiger partial charge in [0, 0.05) is 11.8 Å². The molecule has 1 heterocycles. The Morgan fingerprint density at radius 1 is 1.26 bits per heavy atom. The molecule has 0 radical (unpaired) electrons. The first-order chi connectivity index (χ1) is 9.27. The minimum Gasteiger partial charge on any atom is -0.487 e. The Kier molecular flexibility index (Phi) is 1.98. The van der Waals surface area contributed by atoms with Crippen molar-refractivity contribution in [2.75, 3.05) is 0 Å². The quantitative estimate of drug-likeness (QED) is 0.666. The smallest absolute Gasteiger partial charge is 0.191 e. The summed E-state index contributed by atoms with van der Waals surface area (Å²) in [5.41, 5.74) is -0.451. The van der Waals surface area contributed by atoms with E-state index in [1.165, 1.54) is 0 Å². The summed E-state index contributed by atoms with van der Waals surface area (Å²) in [4.78, 5) is 12.9. The molecule has 0 spiro atoms. The van der Waals surface area contributed by atoms with Crippen molar-refractivity contribution in [2.45, 2.75) is 18.9 Å². The number of nitrogens with zero attached hydrogens (tertiary/aromatic N) is 1. The van der Waals surface area contributed by atoms with Gasteiger partial charge in [-0.1, -0.05) is 24.3 Å². The number of ketones is 1. The first-order valence-corrected chi connectivity index (χ1v) is 6.67. The molecule has 1 fully saturated rings. The number of carbonyl (C=O) groups is 1. The van der Waals surface area contributed by atoms with Crippen LogP contribution in [-0.2, 0) is 0 Å². The van der Waals surface area contributed by atoms with Crippen LogP contribution in [0.2, 0.25) is 0 Å². The number of benzene rings is 1. The zero-order chi connectivity index (χ0) is 13.0. The summed E-state index contributed by atoms with van der Waals surface area (Å²) in [6, 6.07) is 9.58. The fourth-order valence-corrected chi connectivity index (χ4v) is 3.81. The summed E-state index contributed by atoms with van der Waals surface area (Å²) in [6.07, 6.45) is 5.76. The van der Waals surface area contributed by atoms with Crippen LogP contribution in [0.3, 0.4) is 0 Å². The van der Waals surface area contributed by atoms with E-state index in [9.17, 15) is 10.1 Å². The molecular formula is C16H13NO2. The van der Waals surface area contributed by atoms with Crippen LogP contribution in [0.1, 0.15) is 23.2 Å². The number of Topliss-reactive ketones (excluding diaryl/α,β-unsaturated/α-hetero) is 1. The normalized spacial score (nSPS) is 38.1. The third kappa shape index (κ3) is 1.14. The SMILES string of the molecule is N#C[C@]12C(=O)c3ccccc3OC1C1C=CC2CC1. The Labute approximate surface area is 111 Å². The molecule has 94 valence electrons. The molecule has 3 unspecified atom stereocenters. The van der Waals surface area contributed by atoms with E-state index < -0.39 is 5.41 Å². The molecule has 0 saturated heterocycles. The molecule has 5 rings (SSSR count). The van der Waals surface area contributed by atoms with Crippen molar-refractivity contribution in [3.05, 3.63) is 42.0 Å². The molecule has 4 aliphatic rings. The van der Waals surface area contributed by atoms with Gasteiger partial charge in [-0.15, -0.1) is 0 Å². The van der Waals surface area contributed by atoms with E-state index in [4.69, 9.17) is 4.74 Å². The first-order valence-electron chi connectivity index (χ1n) is 6.67. The predicted molar refractivity (Wildman–Crippen MR) is 68.6 cm³/mol. The van der Waals surface area contributed by atoms with E-state index >= 15 is 0 Å². The van der Waals surface area contributed by atoms with Crippen molar-refractivity contribution in [3.8, 4) is 11.8 Å². The minimum absolute atomic E-state index is 0.00615. The maximum Gasteiger partial charge on any atom is 0.191 e. The average molecular weight is 251 g/mol. The van der Waals surface area contributed by atoms with Gasteiger partial charge >= 0.3 is 0 Å². The van der Waals surface area contributed by atoms with E-state index in [0.29, 0.717) is 11.3 Å². The van der Waals surface area contributed by atoms with Crippen molar-refractivity contribution in [1.82, 2.24) is 0 Å². The topological polar surface area (TPSA) is 50.1 Å². The molecule has 1 saturated carbocycles. The van der Waals surface area contributed by atoms with Crippen molar-refractivity contribution in [2.24, 2.45) is 17.3 Å². The molecule has 1 aromatic rings. The Bertz CT molecular complexity index is 642. The van der Waals surface area contributed by atoms with Crippen LogP contribution < -0.4 is 4.74 Å². The number of hydrogen-bond acceptors (Lipinski definition) is 3. The Hall–Kier alpha value is -2.08. The number of allylic oxidation sites excluding steroid dienone is 1. The molecule has 2 bridgehead atoms. The summed E-state index contributed by atoms with van der Waals surface area (Å²) >= 11 is 0. The minimum atomic E-state index is -1.01. The van der Waals surface area contributed by atoms with Crippen LogP contribution in [-0.4, -0.2) is 11.9 Å². The Morgan fingerprint density at radius 2 is 2.11 bits per heavy atom. The van der Waals surface area contributed by atoms with Gasteiger partial charge in [0.25, 0.3) is 0 Å². The fourth-order valence-electron chi connectivity index (χ4n) is 3.81. The number of rotatable bonds is 0. The van der Waals surface area contributed by atoms with Crippen LogP contribution in [0.15, 0.2) is 36.4 Å². The van der Waals surface area contributed by atoms with Gasteiger partial charge in [0.1, 0.15) is 11.9 Å². The second-order valence-corrected chi connectivity index (χ2v) is 5.58. The van der Waals surface area contributed by atoms with Crippen LogP contribution in [0.25, 0.3) is 0 Å². The van der Waals surface area contributed by atoms with Gasteiger partial charge in [-0.25, -0.2) is 0 Å². The lowest BCUT2D eigenvalue weighted by molar-refractivity contribution is -0.0177. The lowest BCUT2D eigenvalue weighted by Gasteiger charge is -2.51. The van der Waals surface area contributed by atoms with Gasteiger partial charge in [0.2, 0.25) is 0 Å². The van der Waals surface area contributed by atoms with Crippen molar-refractivity contribution in [1.29, 1.82) is 5.26 Å². The van der Waals surface area contributed by atoms with Gasteiger partial charge in [-0.3, -0.25) is 4.79 Å². The number of ether oxygens (including phenoxy) is 1. The van der Waals surface area contributed by atoms with Crippen molar-refractivity contribution in [3.63, 3.8) is 0 Å². The fraction of sp³-hybridized carbons (Fsp3) is 0.375. The van der Waals surface area contributed by atoms with Gasteiger partial charge in [-0.05, 0) is 25.0 Å². The highest BCUT2D eigenvalue weighted by atomic mass is 16.5. The third-order valence-electron chi connectivity index (χ3n) is 4.77. The number of hydrogen-bond donors (Lipinski definition) is 0. The molecule has 3 nitrogen and oxygen atoms in total. The zero-order valence-electron chi connectivity index (χ0n) is 10.4. The molecule has 3 heteroatoms. The number of para-hydroxylation sites is 1. The van der Waals surface area contributed by atoms with Crippen molar-refractivity contribution < 1.29 is 9.53 Å². The average Bonchev–Trinajstić information content (AvgIpc) is 2.49. The maximum atomic E-state index is 12.9. The summed E-state index contributed by atoms with van der Waals surface area (Å²) in [5.74, 6) is 0.750. The van der Waals surface area contributed by atoms with Gasteiger partial charge in [-0.2, -0.15) is 5.26 Å². The molecule has 1 aromatic carbocycles. The second-order valence-electron chi connectivity index (χ2n) is 5.58. The van der Waals surface area contributed by atoms with Gasteiger partial charge in [0.15, 0.2) is 11.2 Å². The summed E-state index contributed by atoms with van der Waals surface area (Å²) < 4.78 is 6.04. The summed E-state index contributed by atoms with van der Waals surface area (Å²) in [7, 11) is 0. The van der Waals surface area contributed by atoms with Crippen LogP contribution in [0.5, 0.6) is 5.75 Å². The Balaban J connectivity index is 1.96. The second kappa shape index (κ2) is 3.48. The standard InChI is InChI=1S/C16H13NO2/c17-9-16-11-7-5-10(6-8-11)15(16)19-13-4-2-1-3-12(13)14(16)18/h1-5,7,10-11,15H,6,8H2/t10?,11?,15?,16-/m0/s1. The van der Waals surface area contributed by atoms with E-state index in [1.54, 1.807) is 6.07 Å². The van der Waals surface area contributed by atoms with E-state index in [1.807, 2.05) is 24.3 Å². The molecule has 1 aliphatic heterocycles. The maximum absolute atomic E-state index is 12.9. The molecule has 3 aliphatic carbocycles. The van der Waals surface area contributed by atoms with Crippen LogP contribution in [0, 0.1) is 28.6 Å². The monoisotopic (exact) mass is 251 g/mol. The summed E-state index contributed by atoms with van der Waals surface area (Å²) in [5, 5.41) is 9.71. The zero-order valence-corrected chi connectivity index (χ0v) is 10.4. The van der Waals surface area contributed by atoms with Crippen LogP contribution >= 0.6 is 0 Å². The van der Waals surface area contributed by atoms with Gasteiger partial charge < -0.3 is 4.74 Å². The van der Waals surface area contributed by atoms with Gasteiger partial charge in [0.05, 0.1) is 11.6 Å². The highest BCUT2D eigenvalue weighted by molar-refractivity contribution is 6.06. The highest BCUT2D eigenvalue weighted by Crippen LogP contribution is 2.54. The molecule has 0 aromatic heterocycles. The largest absolute Gasteiger partial charge is 0.487 e.